The summed E-state index contributed by atoms with van der Waals surface area (Å²) < 4.78 is 8.04. The van der Waals surface area contributed by atoms with Crippen LogP contribution in [0.4, 0.5) is 11.4 Å². The third-order valence-electron chi connectivity index (χ3n) is 2.16. The average Bonchev–Trinajstić information content (AvgIpc) is 2.74. The average molecular weight is 238 g/mol. The fraction of sp³-hybridized carbons (Fsp3) is 0.333. The zero-order valence-electron chi connectivity index (χ0n) is 8.64. The van der Waals surface area contributed by atoms with Gasteiger partial charge >= 0.3 is 0 Å². The second-order valence-corrected chi connectivity index (χ2v) is 3.81. The zero-order chi connectivity index (χ0) is 11.5. The Morgan fingerprint density at radius 1 is 1.44 bits per heavy atom. The Labute approximate surface area is 95.8 Å². The molecular weight excluding hydrogens is 228 g/mol. The standard InChI is InChI=1S/C9H10N4O2S/c1-2-5-10-6-3-4-7(13(14)15)9-8(6)11-16-12-9/h3-4,10H,2,5H2,1H3. The van der Waals surface area contributed by atoms with Gasteiger partial charge in [0.25, 0.3) is 5.69 Å². The van der Waals surface area contributed by atoms with E-state index in [9.17, 15) is 10.1 Å². The number of anilines is 1. The van der Waals surface area contributed by atoms with Gasteiger partial charge in [0.2, 0.25) is 0 Å². The van der Waals surface area contributed by atoms with Gasteiger partial charge in [0.05, 0.1) is 22.3 Å². The van der Waals surface area contributed by atoms with Crippen LogP contribution in [0, 0.1) is 10.1 Å². The fourth-order valence-corrected chi connectivity index (χ4v) is 1.97. The van der Waals surface area contributed by atoms with Crippen LogP contribution in [0.25, 0.3) is 11.0 Å². The minimum atomic E-state index is -0.437. The topological polar surface area (TPSA) is 81.0 Å². The molecule has 16 heavy (non-hydrogen) atoms. The highest BCUT2D eigenvalue weighted by Crippen LogP contribution is 2.29. The first-order valence-electron chi connectivity index (χ1n) is 4.87. The number of aromatic nitrogens is 2. The van der Waals surface area contributed by atoms with Gasteiger partial charge in [-0.15, -0.1) is 0 Å². The minimum absolute atomic E-state index is 0.00537. The number of nitro benzene ring substituents is 1. The van der Waals surface area contributed by atoms with Crippen LogP contribution < -0.4 is 5.32 Å². The Morgan fingerprint density at radius 2 is 2.19 bits per heavy atom. The number of rotatable bonds is 4. The van der Waals surface area contributed by atoms with E-state index in [0.717, 1.165) is 30.4 Å². The maximum absolute atomic E-state index is 10.8. The number of nitrogens with zero attached hydrogens (tertiary/aromatic N) is 3. The van der Waals surface area contributed by atoms with Crippen molar-refractivity contribution in [2.24, 2.45) is 0 Å². The SMILES string of the molecule is CCCNc1ccc([N+](=O)[O-])c2nsnc12. The summed E-state index contributed by atoms with van der Waals surface area (Å²) >= 11 is 0.988. The van der Waals surface area contributed by atoms with E-state index < -0.39 is 4.92 Å². The third-order valence-corrected chi connectivity index (χ3v) is 2.68. The molecule has 1 heterocycles. The van der Waals surface area contributed by atoms with Crippen molar-refractivity contribution in [3.05, 3.63) is 22.2 Å². The van der Waals surface area contributed by atoms with E-state index >= 15 is 0 Å². The smallest absolute Gasteiger partial charge is 0.298 e. The molecule has 0 aliphatic rings. The quantitative estimate of drug-likeness (QED) is 0.653. The molecule has 0 amide bonds. The van der Waals surface area contributed by atoms with Crippen LogP contribution >= 0.6 is 11.7 Å². The first-order valence-corrected chi connectivity index (χ1v) is 5.60. The lowest BCUT2D eigenvalue weighted by Gasteiger charge is -2.04. The molecule has 0 saturated heterocycles. The molecule has 1 aromatic carbocycles. The van der Waals surface area contributed by atoms with Crippen LogP contribution in [0.3, 0.4) is 0 Å². The molecule has 7 heteroatoms. The van der Waals surface area contributed by atoms with E-state index in [2.05, 4.69) is 21.0 Å². The second-order valence-electron chi connectivity index (χ2n) is 3.28. The Bertz CT molecular complexity index is 525. The first kappa shape index (κ1) is 10.7. The highest BCUT2D eigenvalue weighted by atomic mass is 32.1. The molecule has 1 aromatic heterocycles. The summed E-state index contributed by atoms with van der Waals surface area (Å²) in [6, 6.07) is 3.14. The molecule has 0 aliphatic heterocycles. The molecule has 0 fully saturated rings. The normalized spacial score (nSPS) is 10.6. The van der Waals surface area contributed by atoms with Gasteiger partial charge in [-0.05, 0) is 12.5 Å². The molecule has 6 nitrogen and oxygen atoms in total. The number of hydrogen-bond donors (Lipinski definition) is 1. The summed E-state index contributed by atoms with van der Waals surface area (Å²) in [5.41, 5.74) is 1.74. The molecule has 0 radical (unpaired) electrons. The van der Waals surface area contributed by atoms with Crippen LogP contribution in [0.2, 0.25) is 0 Å². The lowest BCUT2D eigenvalue weighted by molar-refractivity contribution is -0.383. The van der Waals surface area contributed by atoms with Crippen molar-refractivity contribution in [3.63, 3.8) is 0 Å². The third kappa shape index (κ3) is 1.81. The molecule has 2 aromatic rings. The number of benzene rings is 1. The largest absolute Gasteiger partial charge is 0.383 e. The second kappa shape index (κ2) is 4.40. The van der Waals surface area contributed by atoms with E-state index in [-0.39, 0.29) is 5.69 Å². The monoisotopic (exact) mass is 238 g/mol. The summed E-state index contributed by atoms with van der Waals surface area (Å²) in [6.07, 6.45) is 0.982. The number of fused-ring (bicyclic) bond motifs is 1. The molecule has 2 rings (SSSR count). The van der Waals surface area contributed by atoms with Crippen molar-refractivity contribution in [2.75, 3.05) is 11.9 Å². The van der Waals surface area contributed by atoms with E-state index in [1.54, 1.807) is 6.07 Å². The lowest BCUT2D eigenvalue weighted by atomic mass is 10.2. The maximum atomic E-state index is 10.8. The summed E-state index contributed by atoms with van der Waals surface area (Å²) in [5, 5.41) is 13.9. The Morgan fingerprint density at radius 3 is 2.88 bits per heavy atom. The summed E-state index contributed by atoms with van der Waals surface area (Å²) in [6.45, 7) is 2.86. The summed E-state index contributed by atoms with van der Waals surface area (Å²) in [4.78, 5) is 10.3. The van der Waals surface area contributed by atoms with Gasteiger partial charge in [0, 0.05) is 12.6 Å². The van der Waals surface area contributed by atoms with E-state index in [1.165, 1.54) is 6.07 Å². The molecule has 84 valence electrons. The first-order chi connectivity index (χ1) is 7.74. The number of non-ortho nitro benzene ring substituents is 1. The number of nitrogens with one attached hydrogen (secondary N) is 1. The van der Waals surface area contributed by atoms with Crippen LogP contribution in [-0.4, -0.2) is 20.2 Å². The maximum Gasteiger partial charge on any atom is 0.298 e. The van der Waals surface area contributed by atoms with E-state index in [4.69, 9.17) is 0 Å². The van der Waals surface area contributed by atoms with Gasteiger partial charge in [0.15, 0.2) is 5.52 Å². The van der Waals surface area contributed by atoms with E-state index in [1.807, 2.05) is 0 Å². The highest BCUT2D eigenvalue weighted by molar-refractivity contribution is 7.00. The van der Waals surface area contributed by atoms with E-state index in [0.29, 0.717) is 11.0 Å². The fourth-order valence-electron chi connectivity index (χ4n) is 1.40. The molecule has 0 unspecified atom stereocenters. The van der Waals surface area contributed by atoms with Crippen molar-refractivity contribution in [2.45, 2.75) is 13.3 Å². The Hall–Kier alpha value is -1.76. The van der Waals surface area contributed by atoms with Crippen molar-refractivity contribution in [3.8, 4) is 0 Å². The summed E-state index contributed by atoms with van der Waals surface area (Å²) in [7, 11) is 0. The zero-order valence-corrected chi connectivity index (χ0v) is 9.45. The van der Waals surface area contributed by atoms with Crippen molar-refractivity contribution in [1.82, 2.24) is 8.75 Å². The van der Waals surface area contributed by atoms with Gasteiger partial charge < -0.3 is 5.32 Å². The van der Waals surface area contributed by atoms with Gasteiger partial charge in [-0.3, -0.25) is 10.1 Å². The number of nitro groups is 1. The molecule has 1 N–H and O–H groups in total. The molecule has 0 bridgehead atoms. The van der Waals surface area contributed by atoms with Crippen LogP contribution in [0.15, 0.2) is 12.1 Å². The Balaban J connectivity index is 2.50. The van der Waals surface area contributed by atoms with Crippen molar-refractivity contribution in [1.29, 1.82) is 0 Å². The Kier molecular flexibility index (Phi) is 2.95. The molecule has 0 saturated carbocycles. The van der Waals surface area contributed by atoms with Crippen molar-refractivity contribution >= 4 is 34.1 Å². The molecular formula is C9H10N4O2S. The minimum Gasteiger partial charge on any atom is -0.383 e. The predicted molar refractivity (Wildman–Crippen MR) is 62.9 cm³/mol. The molecule has 0 atom stereocenters. The number of hydrogen-bond acceptors (Lipinski definition) is 6. The molecule has 0 aliphatic carbocycles. The summed E-state index contributed by atoms with van der Waals surface area (Å²) in [5.74, 6) is 0. The van der Waals surface area contributed by atoms with Crippen molar-refractivity contribution < 1.29 is 4.92 Å². The van der Waals surface area contributed by atoms with Gasteiger partial charge in [-0.2, -0.15) is 8.75 Å². The van der Waals surface area contributed by atoms with Gasteiger partial charge in [-0.1, -0.05) is 6.92 Å². The predicted octanol–water partition coefficient (Wildman–Crippen LogP) is 2.42. The molecule has 0 spiro atoms. The van der Waals surface area contributed by atoms with Gasteiger partial charge in [0.1, 0.15) is 5.52 Å². The van der Waals surface area contributed by atoms with Crippen LogP contribution in [0.1, 0.15) is 13.3 Å². The van der Waals surface area contributed by atoms with Crippen LogP contribution in [0.5, 0.6) is 0 Å². The lowest BCUT2D eigenvalue weighted by Crippen LogP contribution is -2.01. The van der Waals surface area contributed by atoms with Crippen LogP contribution in [-0.2, 0) is 0 Å². The highest BCUT2D eigenvalue weighted by Gasteiger charge is 2.17. The van der Waals surface area contributed by atoms with Gasteiger partial charge in [-0.25, -0.2) is 0 Å².